The van der Waals surface area contributed by atoms with Gasteiger partial charge in [-0.25, -0.2) is 18.7 Å². The Labute approximate surface area is 413 Å². The fourth-order valence-electron chi connectivity index (χ4n) is 7.81. The maximum atomic E-state index is 13.9. The molecule has 0 unspecified atom stereocenters. The first kappa shape index (κ1) is 51.5. The second-order valence-electron chi connectivity index (χ2n) is 15.2. The highest BCUT2D eigenvalue weighted by Gasteiger charge is 2.19. The normalized spacial score (nSPS) is 11.0. The minimum atomic E-state index is -0.279. The third-order valence-electron chi connectivity index (χ3n) is 10.9. The van der Waals surface area contributed by atoms with E-state index in [0.717, 1.165) is 101 Å². The molecule has 0 saturated heterocycles. The lowest BCUT2D eigenvalue weighted by Gasteiger charge is -2.07. The summed E-state index contributed by atoms with van der Waals surface area (Å²) in [7, 11) is 0. The second kappa shape index (κ2) is 24.4. The Balaban J connectivity index is 0.000000211. The summed E-state index contributed by atoms with van der Waals surface area (Å²) in [6, 6.07) is 28.8. The molecule has 0 amide bonds. The molecule has 0 atom stereocenters. The number of hydrogen-bond acceptors (Lipinski definition) is 7. The lowest BCUT2D eigenvalue weighted by atomic mass is 9.97. The number of aromatic nitrogens is 10. The molecule has 0 saturated carbocycles. The maximum Gasteiger partial charge on any atom is 0.181 e. The van der Waals surface area contributed by atoms with Crippen LogP contribution in [0.1, 0.15) is 75.2 Å². The molecule has 2 aromatic carbocycles. The van der Waals surface area contributed by atoms with Gasteiger partial charge >= 0.3 is 0 Å². The van der Waals surface area contributed by atoms with Crippen LogP contribution in [0.15, 0.2) is 166 Å². The lowest BCUT2D eigenvalue weighted by molar-refractivity contribution is 0.627. The van der Waals surface area contributed by atoms with Gasteiger partial charge in [-0.1, -0.05) is 109 Å². The van der Waals surface area contributed by atoms with Crippen LogP contribution in [-0.2, 0) is 0 Å². The Morgan fingerprint density at radius 1 is 0.549 bits per heavy atom. The van der Waals surface area contributed by atoms with E-state index in [9.17, 15) is 8.78 Å². The summed E-state index contributed by atoms with van der Waals surface area (Å²) in [5.41, 5.74) is 22.0. The van der Waals surface area contributed by atoms with Gasteiger partial charge in [0.1, 0.15) is 11.6 Å². The second-order valence-corrected chi connectivity index (χ2v) is 15.2. The topological polar surface area (TPSA) is 167 Å². The van der Waals surface area contributed by atoms with Crippen LogP contribution in [-0.4, -0.2) is 50.3 Å². The first-order valence-corrected chi connectivity index (χ1v) is 23.6. The van der Waals surface area contributed by atoms with E-state index in [4.69, 9.17) is 5.73 Å². The van der Waals surface area contributed by atoms with E-state index >= 15 is 0 Å². The number of nitrogens with two attached hydrogens (primary N) is 1. The smallest absolute Gasteiger partial charge is 0.181 e. The Bertz CT molecular complexity index is 3430. The number of nitrogens with one attached hydrogen (secondary N) is 4. The van der Waals surface area contributed by atoms with Crippen LogP contribution in [0.3, 0.4) is 0 Å². The minimum absolute atomic E-state index is 0.272. The molecule has 13 heteroatoms. The molecule has 0 radical (unpaired) electrons. The molecule has 10 aromatic rings. The number of anilines is 1. The SMILES string of the molecule is C=C/C=C(/c1ccc(F)cc1)c1cc(-c2[nH]nc3ncc(-c4cncc(N)c4)cc23)[nH]c1C.C=C/C=C(/c1cccc(F)c1)c1cc(-c2[nH]nc3ncc(-c4ccccn4)cc23)[nH]c1C.CC.CC.CC. The fourth-order valence-corrected chi connectivity index (χ4v) is 7.81. The highest BCUT2D eigenvalue weighted by molar-refractivity contribution is 5.95. The van der Waals surface area contributed by atoms with Gasteiger partial charge in [0, 0.05) is 81.0 Å². The molecule has 8 aromatic heterocycles. The van der Waals surface area contributed by atoms with Crippen molar-refractivity contribution >= 4 is 38.9 Å². The van der Waals surface area contributed by atoms with Crippen molar-refractivity contribution in [3.8, 4) is 45.2 Å². The zero-order chi connectivity index (χ0) is 51.0. The van der Waals surface area contributed by atoms with E-state index < -0.39 is 0 Å². The predicted octanol–water partition coefficient (Wildman–Crippen LogP) is 14.8. The quantitative estimate of drug-likeness (QED) is 0.0851. The number of allylic oxidation sites excluding steroid dienone is 4. The Morgan fingerprint density at radius 2 is 1.10 bits per heavy atom. The number of nitrogens with zero attached hydrogens (tertiary/aromatic N) is 6. The third kappa shape index (κ3) is 11.7. The van der Waals surface area contributed by atoms with E-state index in [1.54, 1.807) is 61.3 Å². The zero-order valence-electron chi connectivity index (χ0n) is 41.4. The van der Waals surface area contributed by atoms with Crippen molar-refractivity contribution in [3.63, 3.8) is 0 Å². The molecule has 11 nitrogen and oxygen atoms in total. The van der Waals surface area contributed by atoms with Gasteiger partial charge in [0.2, 0.25) is 0 Å². The van der Waals surface area contributed by atoms with E-state index in [-0.39, 0.29) is 11.6 Å². The van der Waals surface area contributed by atoms with Crippen molar-refractivity contribution in [3.05, 3.63) is 211 Å². The number of halogens is 2. The van der Waals surface area contributed by atoms with E-state index in [1.165, 1.54) is 24.3 Å². The van der Waals surface area contributed by atoms with E-state index in [1.807, 2.05) is 116 Å². The Morgan fingerprint density at radius 3 is 1.63 bits per heavy atom. The van der Waals surface area contributed by atoms with Gasteiger partial charge < -0.3 is 15.7 Å². The average molecular weight is 948 g/mol. The van der Waals surface area contributed by atoms with Crippen LogP contribution in [0, 0.1) is 25.5 Å². The molecule has 0 spiro atoms. The van der Waals surface area contributed by atoms with Gasteiger partial charge in [0.25, 0.3) is 0 Å². The van der Waals surface area contributed by atoms with Crippen LogP contribution >= 0.6 is 0 Å². The average Bonchev–Trinajstić information content (AvgIpc) is 4.22. The summed E-state index contributed by atoms with van der Waals surface area (Å²) >= 11 is 0. The number of pyridine rings is 4. The Hall–Kier alpha value is -8.84. The highest BCUT2D eigenvalue weighted by atomic mass is 19.1. The van der Waals surface area contributed by atoms with Crippen molar-refractivity contribution in [2.24, 2.45) is 0 Å². The largest absolute Gasteiger partial charge is 0.397 e. The molecule has 10 rings (SSSR count). The maximum absolute atomic E-state index is 13.9. The third-order valence-corrected chi connectivity index (χ3v) is 10.9. The van der Waals surface area contributed by atoms with Gasteiger partial charge in [-0.3, -0.25) is 20.2 Å². The number of H-pyrrole nitrogens is 4. The standard InChI is InChI=1S/C26H21FN6.C26H20FN5.3C2H6/c1-3-4-21(16-5-7-19(27)8-6-16)22-11-24(31-15(22)2)25-23-10-18(13-30-26(23)33-32-25)17-9-20(28)14-29-12-17;1-3-7-20(17-8-6-9-19(27)12-17)21-14-24(30-16(21)2)25-22-13-18(15-29-26(22)32-31-25)23-10-4-5-11-28-23;3*1-2/h3-14,31H,1,28H2,2H3,(H,30,32,33);3-15,30H,1H2,2H3,(H,29,31,32);3*1-2H3/b21-4-;20-7-;;;. The van der Waals surface area contributed by atoms with Crippen molar-refractivity contribution in [2.75, 3.05) is 5.73 Å². The number of aromatic amines is 4. The number of nitrogen functional groups attached to an aromatic ring is 1. The van der Waals surface area contributed by atoms with Crippen molar-refractivity contribution in [1.29, 1.82) is 0 Å². The number of aryl methyl sites for hydroxylation is 2. The molecule has 0 aliphatic heterocycles. The summed E-state index contributed by atoms with van der Waals surface area (Å²) in [6.45, 7) is 23.7. The summed E-state index contributed by atoms with van der Waals surface area (Å²) in [6.07, 6.45) is 15.9. The zero-order valence-corrected chi connectivity index (χ0v) is 41.4. The molecule has 360 valence electrons. The molecule has 71 heavy (non-hydrogen) atoms. The van der Waals surface area contributed by atoms with E-state index in [2.05, 4.69) is 69.5 Å². The van der Waals surface area contributed by atoms with Crippen LogP contribution in [0.5, 0.6) is 0 Å². The summed E-state index contributed by atoms with van der Waals surface area (Å²) < 4.78 is 27.3. The summed E-state index contributed by atoms with van der Waals surface area (Å²) in [4.78, 5) is 24.5. The van der Waals surface area contributed by atoms with Gasteiger partial charge in [-0.15, -0.1) is 0 Å². The molecule has 0 bridgehead atoms. The van der Waals surface area contributed by atoms with Crippen LogP contribution in [0.25, 0.3) is 78.4 Å². The fraction of sp³-hybridized carbons (Fsp3) is 0.138. The van der Waals surface area contributed by atoms with Crippen molar-refractivity contribution < 1.29 is 8.78 Å². The van der Waals surface area contributed by atoms with Gasteiger partial charge in [0.15, 0.2) is 11.3 Å². The van der Waals surface area contributed by atoms with Crippen molar-refractivity contribution in [2.45, 2.75) is 55.4 Å². The van der Waals surface area contributed by atoms with Gasteiger partial charge in [0.05, 0.1) is 34.2 Å². The van der Waals surface area contributed by atoms with E-state index in [0.29, 0.717) is 17.0 Å². The van der Waals surface area contributed by atoms with Crippen LogP contribution < -0.4 is 5.73 Å². The van der Waals surface area contributed by atoms with Gasteiger partial charge in [-0.05, 0) is 103 Å². The molecule has 0 fully saturated rings. The summed E-state index contributed by atoms with van der Waals surface area (Å²) in [5, 5.41) is 16.7. The van der Waals surface area contributed by atoms with Gasteiger partial charge in [-0.2, -0.15) is 10.2 Å². The Kier molecular flexibility index (Phi) is 17.7. The predicted molar refractivity (Wildman–Crippen MR) is 289 cm³/mol. The molecule has 0 aliphatic rings. The number of hydrogen-bond donors (Lipinski definition) is 5. The monoisotopic (exact) mass is 947 g/mol. The first-order valence-electron chi connectivity index (χ1n) is 23.6. The summed E-state index contributed by atoms with van der Waals surface area (Å²) in [5.74, 6) is -0.552. The molecule has 8 heterocycles. The molecular weight excluding hydrogens is 889 g/mol. The number of benzene rings is 2. The molecule has 6 N–H and O–H groups in total. The first-order chi connectivity index (χ1) is 34.7. The lowest BCUT2D eigenvalue weighted by Crippen LogP contribution is -1.89. The number of fused-ring (bicyclic) bond motifs is 2. The van der Waals surface area contributed by atoms with Crippen molar-refractivity contribution in [1.82, 2.24) is 50.3 Å². The molecule has 0 aliphatic carbocycles. The van der Waals surface area contributed by atoms with Crippen LogP contribution in [0.2, 0.25) is 0 Å². The number of rotatable bonds is 10. The minimum Gasteiger partial charge on any atom is -0.397 e. The highest BCUT2D eigenvalue weighted by Crippen LogP contribution is 2.36. The molecular formula is C58H59F2N11. The van der Waals surface area contributed by atoms with Crippen LogP contribution in [0.4, 0.5) is 14.5 Å².